The lowest BCUT2D eigenvalue weighted by molar-refractivity contribution is 0.0863. The molecule has 2 heterocycles. The van der Waals surface area contributed by atoms with Crippen LogP contribution < -0.4 is 0 Å². The molecule has 1 aliphatic carbocycles. The van der Waals surface area contributed by atoms with Gasteiger partial charge in [0.25, 0.3) is 0 Å². The van der Waals surface area contributed by atoms with Crippen LogP contribution in [0.3, 0.4) is 0 Å². The first kappa shape index (κ1) is 17.8. The Morgan fingerprint density at radius 1 is 1.04 bits per heavy atom. The van der Waals surface area contributed by atoms with Crippen molar-refractivity contribution in [3.8, 4) is 0 Å². The van der Waals surface area contributed by atoms with Crippen LogP contribution >= 0.6 is 0 Å². The number of likely N-dealkylation sites (N-methyl/N-ethyl adjacent to an activating group) is 1. The summed E-state index contributed by atoms with van der Waals surface area (Å²) in [4.78, 5) is 5.17. The van der Waals surface area contributed by atoms with Crippen molar-refractivity contribution in [1.29, 1.82) is 0 Å². The molecule has 6 heteroatoms. The second-order valence-electron chi connectivity index (χ2n) is 7.40. The van der Waals surface area contributed by atoms with Crippen LogP contribution in [0.1, 0.15) is 83.1 Å². The highest BCUT2D eigenvalue weighted by atomic mass is 15.6. The lowest BCUT2D eigenvalue weighted by atomic mass is 9.95. The van der Waals surface area contributed by atoms with E-state index in [2.05, 4.69) is 43.9 Å². The standard InChI is InChI=1S/C18H34N6/c1-3-5-11-17(23-14-12-22(4-2)13-15-23)18-19-20-21-24(18)16-9-7-6-8-10-16/h16-17H,3-15H2,1-2H3/t17-/m0/s1. The SMILES string of the molecule is CCCC[C@@H](c1nnnn1C1CCCCC1)N1CCN(CC)CC1. The van der Waals surface area contributed by atoms with Gasteiger partial charge in [-0.25, -0.2) is 4.68 Å². The summed E-state index contributed by atoms with van der Waals surface area (Å²) in [6.07, 6.45) is 10.1. The van der Waals surface area contributed by atoms with Crippen LogP contribution in [0, 0.1) is 0 Å². The first-order valence-corrected chi connectivity index (χ1v) is 10.1. The van der Waals surface area contributed by atoms with Crippen molar-refractivity contribution in [1.82, 2.24) is 30.0 Å². The highest BCUT2D eigenvalue weighted by Crippen LogP contribution is 2.32. The number of hydrogen-bond acceptors (Lipinski definition) is 5. The summed E-state index contributed by atoms with van der Waals surface area (Å²) in [7, 11) is 0. The number of rotatable bonds is 7. The Hall–Kier alpha value is -1.01. The molecule has 0 amide bonds. The van der Waals surface area contributed by atoms with Crippen molar-refractivity contribution >= 4 is 0 Å². The zero-order valence-corrected chi connectivity index (χ0v) is 15.5. The van der Waals surface area contributed by atoms with Crippen LogP contribution in [0.15, 0.2) is 0 Å². The Labute approximate surface area is 146 Å². The van der Waals surface area contributed by atoms with Crippen molar-refractivity contribution in [2.45, 2.75) is 77.3 Å². The summed E-state index contributed by atoms with van der Waals surface area (Å²) in [5.41, 5.74) is 0. The van der Waals surface area contributed by atoms with Gasteiger partial charge in [0.05, 0.1) is 12.1 Å². The van der Waals surface area contributed by atoms with Gasteiger partial charge in [-0.2, -0.15) is 0 Å². The second-order valence-corrected chi connectivity index (χ2v) is 7.40. The largest absolute Gasteiger partial charge is 0.301 e. The first-order chi connectivity index (χ1) is 11.8. The van der Waals surface area contributed by atoms with Gasteiger partial charge in [0, 0.05) is 26.2 Å². The minimum absolute atomic E-state index is 0.390. The number of aromatic nitrogens is 4. The smallest absolute Gasteiger partial charge is 0.168 e. The zero-order chi connectivity index (χ0) is 16.8. The molecular formula is C18H34N6. The van der Waals surface area contributed by atoms with Crippen LogP contribution in [0.2, 0.25) is 0 Å². The normalized spacial score (nSPS) is 22.8. The third-order valence-corrected chi connectivity index (χ3v) is 5.86. The molecule has 0 radical (unpaired) electrons. The fourth-order valence-corrected chi connectivity index (χ4v) is 4.27. The van der Waals surface area contributed by atoms with Gasteiger partial charge in [0.1, 0.15) is 0 Å². The van der Waals surface area contributed by atoms with Gasteiger partial charge < -0.3 is 4.90 Å². The lowest BCUT2D eigenvalue weighted by Gasteiger charge is -2.39. The fraction of sp³-hybridized carbons (Fsp3) is 0.944. The fourth-order valence-electron chi connectivity index (χ4n) is 4.27. The van der Waals surface area contributed by atoms with Crippen LogP contribution in [-0.4, -0.2) is 62.7 Å². The summed E-state index contributed by atoms with van der Waals surface area (Å²) in [5.74, 6) is 1.13. The van der Waals surface area contributed by atoms with Crippen molar-refractivity contribution in [3.63, 3.8) is 0 Å². The van der Waals surface area contributed by atoms with Crippen molar-refractivity contribution in [3.05, 3.63) is 5.82 Å². The maximum Gasteiger partial charge on any atom is 0.168 e. The molecule has 2 fully saturated rings. The Morgan fingerprint density at radius 2 is 1.79 bits per heavy atom. The summed E-state index contributed by atoms with van der Waals surface area (Å²) in [6.45, 7) is 10.3. The average molecular weight is 335 g/mol. The van der Waals surface area contributed by atoms with Gasteiger partial charge in [0.15, 0.2) is 5.82 Å². The Bertz CT molecular complexity index is 474. The van der Waals surface area contributed by atoms with Crippen LogP contribution in [0.25, 0.3) is 0 Å². The highest BCUT2D eigenvalue weighted by molar-refractivity contribution is 4.97. The number of tetrazole rings is 1. The van der Waals surface area contributed by atoms with Gasteiger partial charge in [-0.1, -0.05) is 46.0 Å². The molecule has 0 bridgehead atoms. The third kappa shape index (κ3) is 4.14. The molecule has 0 spiro atoms. The molecule has 136 valence electrons. The lowest BCUT2D eigenvalue weighted by Crippen LogP contribution is -2.48. The molecule has 3 rings (SSSR count). The summed E-state index contributed by atoms with van der Waals surface area (Å²) in [5, 5.41) is 13.0. The van der Waals surface area contributed by atoms with Gasteiger partial charge in [-0.05, 0) is 36.2 Å². The first-order valence-electron chi connectivity index (χ1n) is 10.1. The van der Waals surface area contributed by atoms with E-state index >= 15 is 0 Å². The van der Waals surface area contributed by atoms with Crippen molar-refractivity contribution in [2.24, 2.45) is 0 Å². The molecular weight excluding hydrogens is 300 g/mol. The summed E-state index contributed by atoms with van der Waals surface area (Å²) >= 11 is 0. The number of piperazine rings is 1. The highest BCUT2D eigenvalue weighted by Gasteiger charge is 2.30. The van der Waals surface area contributed by atoms with Crippen molar-refractivity contribution in [2.75, 3.05) is 32.7 Å². The molecule has 0 N–H and O–H groups in total. The van der Waals surface area contributed by atoms with Crippen LogP contribution in [0.4, 0.5) is 0 Å². The monoisotopic (exact) mass is 334 g/mol. The van der Waals surface area contributed by atoms with Gasteiger partial charge >= 0.3 is 0 Å². The predicted molar refractivity (Wildman–Crippen MR) is 95.9 cm³/mol. The van der Waals surface area contributed by atoms with E-state index in [1.807, 2.05) is 0 Å². The van der Waals surface area contributed by atoms with Gasteiger partial charge in [0.2, 0.25) is 0 Å². The summed E-state index contributed by atoms with van der Waals surface area (Å²) < 4.78 is 2.19. The van der Waals surface area contributed by atoms with E-state index in [9.17, 15) is 0 Å². The van der Waals surface area contributed by atoms with E-state index in [1.165, 1.54) is 64.5 Å². The summed E-state index contributed by atoms with van der Waals surface area (Å²) in [6, 6.07) is 0.908. The minimum atomic E-state index is 0.390. The van der Waals surface area contributed by atoms with Gasteiger partial charge in [-0.15, -0.1) is 5.10 Å². The maximum absolute atomic E-state index is 4.51. The van der Waals surface area contributed by atoms with E-state index < -0.39 is 0 Å². The number of unbranched alkanes of at least 4 members (excludes halogenated alkanes) is 1. The van der Waals surface area contributed by atoms with Crippen LogP contribution in [-0.2, 0) is 0 Å². The third-order valence-electron chi connectivity index (χ3n) is 5.86. The van der Waals surface area contributed by atoms with E-state index in [1.54, 1.807) is 0 Å². The van der Waals surface area contributed by atoms with E-state index in [4.69, 9.17) is 0 Å². The molecule has 1 saturated heterocycles. The molecule has 2 aliphatic rings. The van der Waals surface area contributed by atoms with Crippen molar-refractivity contribution < 1.29 is 0 Å². The topological polar surface area (TPSA) is 50.1 Å². The predicted octanol–water partition coefficient (Wildman–Crippen LogP) is 3.05. The van der Waals surface area contributed by atoms with Crippen LogP contribution in [0.5, 0.6) is 0 Å². The van der Waals surface area contributed by atoms with E-state index in [0.717, 1.165) is 25.5 Å². The second kappa shape index (κ2) is 8.90. The zero-order valence-electron chi connectivity index (χ0n) is 15.5. The van der Waals surface area contributed by atoms with Gasteiger partial charge in [-0.3, -0.25) is 4.90 Å². The molecule has 1 saturated carbocycles. The Balaban J connectivity index is 1.75. The molecule has 1 aromatic heterocycles. The minimum Gasteiger partial charge on any atom is -0.301 e. The number of hydrogen-bond donors (Lipinski definition) is 0. The Kier molecular flexibility index (Phi) is 6.60. The number of nitrogens with zero attached hydrogens (tertiary/aromatic N) is 6. The molecule has 1 aromatic rings. The van der Waals surface area contributed by atoms with E-state index in [0.29, 0.717) is 12.1 Å². The Morgan fingerprint density at radius 3 is 2.46 bits per heavy atom. The molecule has 24 heavy (non-hydrogen) atoms. The average Bonchev–Trinajstić information content (AvgIpc) is 3.13. The molecule has 0 unspecified atom stereocenters. The molecule has 1 atom stereocenters. The molecule has 1 aliphatic heterocycles. The maximum atomic E-state index is 4.51. The van der Waals surface area contributed by atoms with E-state index in [-0.39, 0.29) is 0 Å². The molecule has 0 aromatic carbocycles. The molecule has 6 nitrogen and oxygen atoms in total. The quantitative estimate of drug-likeness (QED) is 0.767.